The van der Waals surface area contributed by atoms with Crippen LogP contribution in [0.25, 0.3) is 0 Å². The molecule has 9 heavy (non-hydrogen) atoms. The highest BCUT2D eigenvalue weighted by atomic mass is 35.5. The molecule has 0 fully saturated rings. The van der Waals surface area contributed by atoms with E-state index in [-0.39, 0.29) is 6.61 Å². The summed E-state index contributed by atoms with van der Waals surface area (Å²) in [4.78, 5) is 0. The predicted octanol–water partition coefficient (Wildman–Crippen LogP) is 1.68. The van der Waals surface area contributed by atoms with Gasteiger partial charge in [-0.2, -0.15) is 0 Å². The minimum absolute atomic E-state index is 0.232. The molecule has 0 heterocycles. The van der Waals surface area contributed by atoms with E-state index in [1.54, 1.807) is 0 Å². The molecule has 0 aliphatic heterocycles. The standard InChI is InChI=1S/C7H9ClO/c8-7-2-1-6(5-7)3-4-9/h1-2,5-6,9H,3-4H2. The highest BCUT2D eigenvalue weighted by molar-refractivity contribution is 6.31. The maximum absolute atomic E-state index is 8.51. The Bertz CT molecular complexity index is 149. The van der Waals surface area contributed by atoms with Gasteiger partial charge in [0.05, 0.1) is 0 Å². The number of halogens is 1. The van der Waals surface area contributed by atoms with Crippen LogP contribution in [0.4, 0.5) is 0 Å². The first-order valence-corrected chi connectivity index (χ1v) is 3.37. The van der Waals surface area contributed by atoms with Gasteiger partial charge in [-0.1, -0.05) is 23.8 Å². The molecule has 0 saturated carbocycles. The Labute approximate surface area is 59.6 Å². The summed E-state index contributed by atoms with van der Waals surface area (Å²) in [5, 5.41) is 9.29. The quantitative estimate of drug-likeness (QED) is 0.625. The number of hydrogen-bond donors (Lipinski definition) is 1. The summed E-state index contributed by atoms with van der Waals surface area (Å²) in [6, 6.07) is 0. The highest BCUT2D eigenvalue weighted by Gasteiger charge is 2.05. The van der Waals surface area contributed by atoms with Crippen LogP contribution >= 0.6 is 11.6 Å². The third kappa shape index (κ3) is 1.84. The molecule has 0 bridgehead atoms. The largest absolute Gasteiger partial charge is 0.396 e. The van der Waals surface area contributed by atoms with Crippen molar-refractivity contribution < 1.29 is 5.11 Å². The summed E-state index contributed by atoms with van der Waals surface area (Å²) in [6.45, 7) is 0.232. The lowest BCUT2D eigenvalue weighted by Gasteiger charge is -1.97. The molecule has 0 radical (unpaired) electrons. The lowest BCUT2D eigenvalue weighted by molar-refractivity contribution is 0.279. The molecule has 1 N–H and O–H groups in total. The van der Waals surface area contributed by atoms with Crippen LogP contribution in [0, 0.1) is 5.92 Å². The first-order chi connectivity index (χ1) is 4.33. The van der Waals surface area contributed by atoms with Crippen LogP contribution in [0.1, 0.15) is 6.42 Å². The average Bonchev–Trinajstić information content (AvgIpc) is 2.17. The van der Waals surface area contributed by atoms with Crippen LogP contribution in [0.5, 0.6) is 0 Å². The van der Waals surface area contributed by atoms with Gasteiger partial charge < -0.3 is 5.11 Å². The molecule has 2 heteroatoms. The van der Waals surface area contributed by atoms with Crippen molar-refractivity contribution in [1.82, 2.24) is 0 Å². The fraction of sp³-hybridized carbons (Fsp3) is 0.429. The molecule has 50 valence electrons. The zero-order chi connectivity index (χ0) is 6.69. The van der Waals surface area contributed by atoms with E-state index in [1.165, 1.54) is 0 Å². The molecule has 1 nitrogen and oxygen atoms in total. The third-order valence-electron chi connectivity index (χ3n) is 1.34. The van der Waals surface area contributed by atoms with Gasteiger partial charge in [0.15, 0.2) is 0 Å². The Morgan fingerprint density at radius 3 is 2.89 bits per heavy atom. The number of allylic oxidation sites excluding steroid dienone is 4. The van der Waals surface area contributed by atoms with Crippen molar-refractivity contribution in [3.8, 4) is 0 Å². The van der Waals surface area contributed by atoms with E-state index in [0.29, 0.717) is 5.92 Å². The Kier molecular flexibility index (Phi) is 2.31. The second-order valence-electron chi connectivity index (χ2n) is 2.09. The van der Waals surface area contributed by atoms with Gasteiger partial charge in [-0.3, -0.25) is 0 Å². The first kappa shape index (κ1) is 6.84. The van der Waals surface area contributed by atoms with Gasteiger partial charge in [-0.25, -0.2) is 0 Å². The lowest BCUT2D eigenvalue weighted by atomic mass is 10.1. The predicted molar refractivity (Wildman–Crippen MR) is 38.3 cm³/mol. The molecule has 0 amide bonds. The van der Waals surface area contributed by atoms with Crippen molar-refractivity contribution in [3.63, 3.8) is 0 Å². The molecular weight excluding hydrogens is 136 g/mol. The molecule has 0 aromatic heterocycles. The zero-order valence-corrected chi connectivity index (χ0v) is 5.80. The van der Waals surface area contributed by atoms with Crippen molar-refractivity contribution in [1.29, 1.82) is 0 Å². The van der Waals surface area contributed by atoms with E-state index in [0.717, 1.165) is 11.5 Å². The number of hydrogen-bond acceptors (Lipinski definition) is 1. The van der Waals surface area contributed by atoms with Gasteiger partial charge in [0, 0.05) is 11.6 Å². The van der Waals surface area contributed by atoms with Crippen LogP contribution in [0.2, 0.25) is 0 Å². The topological polar surface area (TPSA) is 20.2 Å². The summed E-state index contributed by atoms with van der Waals surface area (Å²) in [6.07, 6.45) is 6.59. The summed E-state index contributed by atoms with van der Waals surface area (Å²) in [5.41, 5.74) is 0. The van der Waals surface area contributed by atoms with Gasteiger partial charge in [-0.15, -0.1) is 0 Å². The van der Waals surface area contributed by atoms with Gasteiger partial charge in [0.1, 0.15) is 0 Å². The van der Waals surface area contributed by atoms with E-state index in [9.17, 15) is 0 Å². The van der Waals surface area contributed by atoms with E-state index < -0.39 is 0 Å². The smallest absolute Gasteiger partial charge is 0.0439 e. The highest BCUT2D eigenvalue weighted by Crippen LogP contribution is 2.20. The molecule has 1 rings (SSSR count). The fourth-order valence-corrected chi connectivity index (χ4v) is 1.09. The number of aliphatic hydroxyl groups excluding tert-OH is 1. The molecular formula is C7H9ClO. The van der Waals surface area contributed by atoms with Crippen LogP contribution < -0.4 is 0 Å². The van der Waals surface area contributed by atoms with Gasteiger partial charge >= 0.3 is 0 Å². The number of rotatable bonds is 2. The molecule has 1 unspecified atom stereocenters. The molecule has 0 spiro atoms. The Morgan fingerprint density at radius 1 is 1.67 bits per heavy atom. The Morgan fingerprint density at radius 2 is 2.44 bits per heavy atom. The maximum atomic E-state index is 8.51. The summed E-state index contributed by atoms with van der Waals surface area (Å²) in [5.74, 6) is 0.363. The number of aliphatic hydroxyl groups is 1. The van der Waals surface area contributed by atoms with E-state index >= 15 is 0 Å². The van der Waals surface area contributed by atoms with Crippen molar-refractivity contribution in [2.75, 3.05) is 6.61 Å². The van der Waals surface area contributed by atoms with Gasteiger partial charge in [0.25, 0.3) is 0 Å². The molecule has 0 aromatic carbocycles. The summed E-state index contributed by atoms with van der Waals surface area (Å²) in [7, 11) is 0. The van der Waals surface area contributed by atoms with E-state index in [2.05, 4.69) is 0 Å². The maximum Gasteiger partial charge on any atom is 0.0439 e. The van der Waals surface area contributed by atoms with E-state index in [1.807, 2.05) is 18.2 Å². The van der Waals surface area contributed by atoms with Gasteiger partial charge in [-0.05, 0) is 18.4 Å². The zero-order valence-electron chi connectivity index (χ0n) is 5.05. The van der Waals surface area contributed by atoms with Crippen molar-refractivity contribution in [2.45, 2.75) is 6.42 Å². The van der Waals surface area contributed by atoms with Crippen LogP contribution in [0.15, 0.2) is 23.3 Å². The van der Waals surface area contributed by atoms with Crippen molar-refractivity contribution in [3.05, 3.63) is 23.3 Å². The van der Waals surface area contributed by atoms with Crippen LogP contribution in [0.3, 0.4) is 0 Å². The lowest BCUT2D eigenvalue weighted by Crippen LogP contribution is -1.92. The van der Waals surface area contributed by atoms with Crippen molar-refractivity contribution >= 4 is 11.6 Å². The second kappa shape index (κ2) is 3.04. The fourth-order valence-electron chi connectivity index (χ4n) is 0.860. The molecule has 1 aliphatic carbocycles. The third-order valence-corrected chi connectivity index (χ3v) is 1.59. The molecule has 0 saturated heterocycles. The van der Waals surface area contributed by atoms with Crippen LogP contribution in [-0.4, -0.2) is 11.7 Å². The SMILES string of the molecule is OCCC1C=CC(Cl)=C1. The normalized spacial score (nSPS) is 24.7. The first-order valence-electron chi connectivity index (χ1n) is 2.99. The minimum atomic E-state index is 0.232. The molecule has 0 aromatic rings. The van der Waals surface area contributed by atoms with Crippen molar-refractivity contribution in [2.24, 2.45) is 5.92 Å². The summed E-state index contributed by atoms with van der Waals surface area (Å²) < 4.78 is 0. The summed E-state index contributed by atoms with van der Waals surface area (Å²) >= 11 is 5.64. The minimum Gasteiger partial charge on any atom is -0.396 e. The Balaban J connectivity index is 2.40. The second-order valence-corrected chi connectivity index (χ2v) is 2.52. The monoisotopic (exact) mass is 144 g/mol. The van der Waals surface area contributed by atoms with Gasteiger partial charge in [0.2, 0.25) is 0 Å². The molecule has 1 atom stereocenters. The molecule has 1 aliphatic rings. The van der Waals surface area contributed by atoms with E-state index in [4.69, 9.17) is 16.7 Å². The van der Waals surface area contributed by atoms with Crippen LogP contribution in [-0.2, 0) is 0 Å². The average molecular weight is 145 g/mol. The Hall–Kier alpha value is -0.270.